The third-order valence-electron chi connectivity index (χ3n) is 3.42. The van der Waals surface area contributed by atoms with E-state index in [1.807, 2.05) is 36.4 Å². The summed E-state index contributed by atoms with van der Waals surface area (Å²) in [6.45, 7) is 5.41. The molecule has 3 heteroatoms. The van der Waals surface area contributed by atoms with Gasteiger partial charge in [-0.3, -0.25) is 5.11 Å². The molecule has 0 amide bonds. The monoisotopic (exact) mass is 293 g/mol. The molecule has 0 aliphatic heterocycles. The minimum absolute atomic E-state index is 0.163. The van der Waals surface area contributed by atoms with E-state index in [2.05, 4.69) is 0 Å². The number of carbonyl (C=O) groups excluding carboxylic acids is 1. The third kappa shape index (κ3) is 2.75. The van der Waals surface area contributed by atoms with Crippen molar-refractivity contribution in [2.24, 2.45) is 0 Å². The van der Waals surface area contributed by atoms with Crippen LogP contribution < -0.4 is 0 Å². The predicted molar refractivity (Wildman–Crippen MR) is 86.8 cm³/mol. The zero-order valence-electron chi connectivity index (χ0n) is 12.8. The van der Waals surface area contributed by atoms with Gasteiger partial charge in [0.15, 0.2) is 5.75 Å². The van der Waals surface area contributed by atoms with Crippen molar-refractivity contribution in [1.29, 1.82) is 0 Å². The fourth-order valence-corrected chi connectivity index (χ4v) is 2.47. The molecule has 3 aromatic carbocycles. The Kier molecular flexibility index (Phi) is 3.28. The number of esters is 1. The zero-order valence-corrected chi connectivity index (χ0v) is 12.8. The summed E-state index contributed by atoms with van der Waals surface area (Å²) in [7, 11) is 0. The van der Waals surface area contributed by atoms with Gasteiger partial charge >= 0.3 is 5.97 Å². The zero-order chi connectivity index (χ0) is 15.9. The lowest BCUT2D eigenvalue weighted by Crippen LogP contribution is -2.23. The van der Waals surface area contributed by atoms with Gasteiger partial charge in [0.05, 0.1) is 5.56 Å². The average molecular weight is 293 g/mol. The molecule has 3 aromatic rings. The first kappa shape index (κ1) is 14.4. The molecule has 0 saturated carbocycles. The Labute approximate surface area is 129 Å². The van der Waals surface area contributed by atoms with Crippen molar-refractivity contribution >= 4 is 27.5 Å². The van der Waals surface area contributed by atoms with Gasteiger partial charge in [-0.15, -0.1) is 0 Å². The predicted octanol–water partition coefficient (Wildman–Crippen LogP) is 5.09. The summed E-state index contributed by atoms with van der Waals surface area (Å²) < 4.78 is 5.34. The number of ether oxygens (including phenoxy) is 1. The van der Waals surface area contributed by atoms with Crippen LogP contribution in [0.3, 0.4) is 0 Å². The molecule has 0 saturated heterocycles. The summed E-state index contributed by atoms with van der Waals surface area (Å²) in [4.78, 5) is 12.2. The van der Waals surface area contributed by atoms with E-state index < -0.39 is 11.6 Å². The molecule has 22 heavy (non-hydrogen) atoms. The van der Waals surface area contributed by atoms with Crippen molar-refractivity contribution in [2.75, 3.05) is 0 Å². The van der Waals surface area contributed by atoms with Crippen molar-refractivity contribution in [3.63, 3.8) is 0 Å². The van der Waals surface area contributed by atoms with Gasteiger partial charge in [0.1, 0.15) is 5.60 Å². The fourth-order valence-electron chi connectivity index (χ4n) is 2.47. The SMILES string of the molecule is CC(C)(C)OC(=O)c1cc([O])c2cc3ccccc3cc2c1. The van der Waals surface area contributed by atoms with E-state index in [-0.39, 0.29) is 5.75 Å². The summed E-state index contributed by atoms with van der Waals surface area (Å²) in [5.74, 6) is -0.635. The van der Waals surface area contributed by atoms with Gasteiger partial charge < -0.3 is 4.74 Å². The quantitative estimate of drug-likeness (QED) is 0.463. The summed E-state index contributed by atoms with van der Waals surface area (Å²) in [6, 6.07) is 14.7. The van der Waals surface area contributed by atoms with Crippen LogP contribution in [0.4, 0.5) is 0 Å². The number of fused-ring (bicyclic) bond motifs is 2. The first-order valence-electron chi connectivity index (χ1n) is 7.20. The Morgan fingerprint density at radius 3 is 2.18 bits per heavy atom. The van der Waals surface area contributed by atoms with Crippen LogP contribution in [0.25, 0.3) is 21.5 Å². The van der Waals surface area contributed by atoms with Crippen LogP contribution in [0.2, 0.25) is 0 Å². The maximum atomic E-state index is 12.3. The second kappa shape index (κ2) is 5.02. The first-order chi connectivity index (χ1) is 10.3. The van der Waals surface area contributed by atoms with Crippen LogP contribution in [0.15, 0.2) is 48.5 Å². The molecule has 0 heterocycles. The summed E-state index contributed by atoms with van der Waals surface area (Å²) in [5.41, 5.74) is -0.291. The Hall–Kier alpha value is -2.55. The van der Waals surface area contributed by atoms with E-state index in [0.717, 1.165) is 16.2 Å². The van der Waals surface area contributed by atoms with E-state index in [1.165, 1.54) is 6.07 Å². The second-order valence-corrected chi connectivity index (χ2v) is 6.40. The van der Waals surface area contributed by atoms with Gasteiger partial charge in [0.2, 0.25) is 0 Å². The molecule has 0 unspecified atom stereocenters. The van der Waals surface area contributed by atoms with E-state index >= 15 is 0 Å². The molecule has 0 aliphatic carbocycles. The molecule has 0 aliphatic rings. The highest BCUT2D eigenvalue weighted by Gasteiger charge is 2.19. The van der Waals surface area contributed by atoms with E-state index in [0.29, 0.717) is 10.9 Å². The molecule has 3 nitrogen and oxygen atoms in total. The number of hydrogen-bond donors (Lipinski definition) is 0. The van der Waals surface area contributed by atoms with Crippen molar-refractivity contribution in [2.45, 2.75) is 26.4 Å². The summed E-state index contributed by atoms with van der Waals surface area (Å²) in [5, 5.41) is 15.7. The Balaban J connectivity index is 2.15. The molecule has 3 rings (SSSR count). The van der Waals surface area contributed by atoms with Crippen molar-refractivity contribution < 1.29 is 14.6 Å². The number of carbonyl (C=O) groups is 1. The molecule has 0 spiro atoms. The van der Waals surface area contributed by atoms with Crippen LogP contribution in [-0.4, -0.2) is 11.6 Å². The van der Waals surface area contributed by atoms with Crippen LogP contribution in [0.1, 0.15) is 31.1 Å². The average Bonchev–Trinajstić information content (AvgIpc) is 2.43. The second-order valence-electron chi connectivity index (χ2n) is 6.40. The number of benzene rings is 3. The van der Waals surface area contributed by atoms with Crippen molar-refractivity contribution in [1.82, 2.24) is 0 Å². The molecule has 0 N–H and O–H groups in total. The van der Waals surface area contributed by atoms with Crippen LogP contribution >= 0.6 is 0 Å². The number of rotatable bonds is 1. The lowest BCUT2D eigenvalue weighted by Gasteiger charge is -2.19. The van der Waals surface area contributed by atoms with Gasteiger partial charge in [0, 0.05) is 11.5 Å². The van der Waals surface area contributed by atoms with Crippen LogP contribution in [-0.2, 0) is 9.84 Å². The molecular weight excluding hydrogens is 276 g/mol. The highest BCUT2D eigenvalue weighted by Crippen LogP contribution is 2.31. The minimum Gasteiger partial charge on any atom is -0.456 e. The van der Waals surface area contributed by atoms with E-state index in [4.69, 9.17) is 4.74 Å². The van der Waals surface area contributed by atoms with E-state index in [9.17, 15) is 9.90 Å². The van der Waals surface area contributed by atoms with Crippen LogP contribution in [0.5, 0.6) is 5.75 Å². The minimum atomic E-state index is -0.585. The Morgan fingerprint density at radius 2 is 1.55 bits per heavy atom. The van der Waals surface area contributed by atoms with Crippen LogP contribution in [0, 0.1) is 0 Å². The molecular formula is C19H17O3. The first-order valence-corrected chi connectivity index (χ1v) is 7.20. The smallest absolute Gasteiger partial charge is 0.338 e. The molecule has 0 atom stereocenters. The van der Waals surface area contributed by atoms with Crippen molar-refractivity contribution in [3.05, 3.63) is 54.1 Å². The highest BCUT2D eigenvalue weighted by molar-refractivity contribution is 6.04. The maximum absolute atomic E-state index is 12.3. The van der Waals surface area contributed by atoms with Gasteiger partial charge in [-0.1, -0.05) is 24.3 Å². The maximum Gasteiger partial charge on any atom is 0.338 e. The molecule has 111 valence electrons. The molecule has 1 radical (unpaired) electrons. The lowest BCUT2D eigenvalue weighted by molar-refractivity contribution is 0.00691. The van der Waals surface area contributed by atoms with Gasteiger partial charge in [0.25, 0.3) is 0 Å². The standard InChI is InChI=1S/C19H17O3/c1-19(2,3)22-18(21)15-9-14-8-12-6-4-5-7-13(12)10-16(14)17(20)11-15/h4-11H,1-3H3. The summed E-state index contributed by atoms with van der Waals surface area (Å²) >= 11 is 0. The number of hydrogen-bond acceptors (Lipinski definition) is 2. The topological polar surface area (TPSA) is 46.2 Å². The molecule has 0 bridgehead atoms. The molecule has 0 fully saturated rings. The largest absolute Gasteiger partial charge is 0.456 e. The molecule has 0 aromatic heterocycles. The highest BCUT2D eigenvalue weighted by atomic mass is 16.6. The summed E-state index contributed by atoms with van der Waals surface area (Å²) in [6.07, 6.45) is 0. The Morgan fingerprint density at radius 1 is 0.909 bits per heavy atom. The van der Waals surface area contributed by atoms with Gasteiger partial charge in [-0.2, -0.15) is 0 Å². The van der Waals surface area contributed by atoms with Gasteiger partial charge in [-0.25, -0.2) is 4.79 Å². The lowest BCUT2D eigenvalue weighted by atomic mass is 10.0. The van der Waals surface area contributed by atoms with E-state index in [1.54, 1.807) is 26.8 Å². The van der Waals surface area contributed by atoms with Gasteiger partial charge in [-0.05, 0) is 55.1 Å². The fraction of sp³-hybridized carbons (Fsp3) is 0.211. The Bertz CT molecular complexity index is 873. The third-order valence-corrected chi connectivity index (χ3v) is 3.42. The normalized spacial score (nSPS) is 11.8. The van der Waals surface area contributed by atoms with Crippen molar-refractivity contribution in [3.8, 4) is 5.75 Å².